The Balaban J connectivity index is 1.64. The summed E-state index contributed by atoms with van der Waals surface area (Å²) in [6, 6.07) is 15.0. The van der Waals surface area contributed by atoms with Crippen molar-refractivity contribution in [3.8, 4) is 5.75 Å². The Morgan fingerprint density at radius 2 is 1.59 bits per heavy atom. The van der Waals surface area contributed by atoms with Gasteiger partial charge in [-0.05, 0) is 62.6 Å². The molecule has 0 bridgehead atoms. The van der Waals surface area contributed by atoms with Gasteiger partial charge in [-0.25, -0.2) is 0 Å². The Hall–Kier alpha value is -2.82. The molecule has 0 spiro atoms. The van der Waals surface area contributed by atoms with Crippen LogP contribution in [0.15, 0.2) is 48.5 Å². The van der Waals surface area contributed by atoms with Crippen molar-refractivity contribution in [2.45, 2.75) is 26.2 Å². The van der Waals surface area contributed by atoms with Crippen LogP contribution < -0.4 is 14.5 Å². The number of hydrogen-bond acceptors (Lipinski definition) is 3. The van der Waals surface area contributed by atoms with Gasteiger partial charge in [0.1, 0.15) is 5.75 Å². The fraction of sp³-hybridized carbons (Fsp3) is 0.364. The molecule has 0 aromatic heterocycles. The van der Waals surface area contributed by atoms with Gasteiger partial charge in [0.25, 0.3) is 5.91 Å². The molecular formula is C22H24N2O3. The molecule has 0 saturated heterocycles. The lowest BCUT2D eigenvalue weighted by molar-refractivity contribution is -0.119. The predicted molar refractivity (Wildman–Crippen MR) is 105 cm³/mol. The van der Waals surface area contributed by atoms with E-state index in [4.69, 9.17) is 4.74 Å². The van der Waals surface area contributed by atoms with Crippen LogP contribution in [0.4, 0.5) is 11.4 Å². The zero-order chi connectivity index (χ0) is 18.8. The summed E-state index contributed by atoms with van der Waals surface area (Å²) in [5, 5.41) is 0. The molecule has 27 heavy (non-hydrogen) atoms. The first kappa shape index (κ1) is 17.6. The molecule has 2 amide bonds. The Bertz CT molecular complexity index is 843. The molecule has 2 aliphatic rings. The molecule has 1 aliphatic heterocycles. The summed E-state index contributed by atoms with van der Waals surface area (Å²) >= 11 is 0. The van der Waals surface area contributed by atoms with Crippen molar-refractivity contribution in [3.05, 3.63) is 54.1 Å². The van der Waals surface area contributed by atoms with Crippen molar-refractivity contribution in [1.29, 1.82) is 0 Å². The number of rotatable bonds is 4. The zero-order valence-corrected chi connectivity index (χ0v) is 15.6. The third kappa shape index (κ3) is 3.54. The number of carbonyl (C=O) groups is 2. The molecule has 1 aliphatic carbocycles. The second-order valence-corrected chi connectivity index (χ2v) is 7.02. The van der Waals surface area contributed by atoms with Crippen molar-refractivity contribution in [2.24, 2.45) is 5.92 Å². The summed E-state index contributed by atoms with van der Waals surface area (Å²) in [6.45, 7) is 3.77. The SMILES string of the molecule is CCOc1ccc(C(=O)N2CCCN(C(=O)C3CC3)c3ccccc32)cc1. The normalized spacial score (nSPS) is 16.5. The van der Waals surface area contributed by atoms with Gasteiger partial charge >= 0.3 is 0 Å². The van der Waals surface area contributed by atoms with E-state index in [9.17, 15) is 9.59 Å². The lowest BCUT2D eigenvalue weighted by Gasteiger charge is -2.25. The van der Waals surface area contributed by atoms with Crippen molar-refractivity contribution in [3.63, 3.8) is 0 Å². The van der Waals surface area contributed by atoms with E-state index in [-0.39, 0.29) is 17.7 Å². The third-order valence-electron chi connectivity index (χ3n) is 5.08. The number of anilines is 2. The quantitative estimate of drug-likeness (QED) is 0.827. The molecule has 0 atom stereocenters. The van der Waals surface area contributed by atoms with E-state index in [1.807, 2.05) is 48.2 Å². The molecule has 1 fully saturated rings. The van der Waals surface area contributed by atoms with Gasteiger partial charge in [0, 0.05) is 24.6 Å². The van der Waals surface area contributed by atoms with E-state index in [0.29, 0.717) is 25.3 Å². The average Bonchev–Trinajstić information content (AvgIpc) is 3.54. The molecule has 140 valence electrons. The van der Waals surface area contributed by atoms with E-state index in [1.165, 1.54) is 0 Å². The molecule has 0 unspecified atom stereocenters. The number of fused-ring (bicyclic) bond motifs is 1. The fourth-order valence-corrected chi connectivity index (χ4v) is 3.56. The first-order chi connectivity index (χ1) is 13.2. The number of amides is 2. The first-order valence-corrected chi connectivity index (χ1v) is 9.64. The molecule has 5 heteroatoms. The van der Waals surface area contributed by atoms with E-state index >= 15 is 0 Å². The standard InChI is InChI=1S/C22H24N2O3/c1-2-27-18-12-10-17(11-13-18)22(26)24-15-5-14-23(21(25)16-8-9-16)19-6-3-4-7-20(19)24/h3-4,6-7,10-13,16H,2,5,8-9,14-15H2,1H3. The van der Waals surface area contributed by atoms with E-state index in [1.54, 1.807) is 17.0 Å². The highest BCUT2D eigenvalue weighted by atomic mass is 16.5. The molecule has 2 aromatic rings. The molecule has 1 heterocycles. The lowest BCUT2D eigenvalue weighted by Crippen LogP contribution is -2.32. The molecule has 5 nitrogen and oxygen atoms in total. The summed E-state index contributed by atoms with van der Waals surface area (Å²) in [4.78, 5) is 29.6. The maximum absolute atomic E-state index is 13.2. The minimum absolute atomic E-state index is 0.0498. The van der Waals surface area contributed by atoms with Gasteiger partial charge in [-0.3, -0.25) is 9.59 Å². The van der Waals surface area contributed by atoms with Crippen molar-refractivity contribution in [1.82, 2.24) is 0 Å². The molecule has 0 radical (unpaired) electrons. The van der Waals surface area contributed by atoms with Crippen LogP contribution in [-0.2, 0) is 4.79 Å². The van der Waals surface area contributed by atoms with Crippen LogP contribution in [0.25, 0.3) is 0 Å². The Kier molecular flexibility index (Phi) is 4.84. The largest absolute Gasteiger partial charge is 0.494 e. The first-order valence-electron chi connectivity index (χ1n) is 9.64. The summed E-state index contributed by atoms with van der Waals surface area (Å²) < 4.78 is 5.46. The van der Waals surface area contributed by atoms with Crippen LogP contribution in [-0.4, -0.2) is 31.5 Å². The molecule has 1 saturated carbocycles. The lowest BCUT2D eigenvalue weighted by atomic mass is 10.1. The number of nitrogens with zero attached hydrogens (tertiary/aromatic N) is 2. The fourth-order valence-electron chi connectivity index (χ4n) is 3.56. The molecule has 4 rings (SSSR count). The van der Waals surface area contributed by atoms with Crippen molar-refractivity contribution in [2.75, 3.05) is 29.5 Å². The van der Waals surface area contributed by atoms with Gasteiger partial charge in [0.05, 0.1) is 18.0 Å². The summed E-state index contributed by atoms with van der Waals surface area (Å²) in [7, 11) is 0. The second kappa shape index (κ2) is 7.43. The topological polar surface area (TPSA) is 49.9 Å². The smallest absolute Gasteiger partial charge is 0.258 e. The monoisotopic (exact) mass is 364 g/mol. The number of carbonyl (C=O) groups excluding carboxylic acids is 2. The number of benzene rings is 2. The van der Waals surface area contributed by atoms with Gasteiger partial charge in [0.15, 0.2) is 0 Å². The number of hydrogen-bond donors (Lipinski definition) is 0. The van der Waals surface area contributed by atoms with Gasteiger partial charge in [-0.15, -0.1) is 0 Å². The Labute approximate surface area is 159 Å². The summed E-state index contributed by atoms with van der Waals surface area (Å²) in [6.07, 6.45) is 2.72. The highest BCUT2D eigenvalue weighted by Crippen LogP contribution is 2.38. The minimum Gasteiger partial charge on any atom is -0.494 e. The van der Waals surface area contributed by atoms with Crippen LogP contribution in [0, 0.1) is 5.92 Å². The summed E-state index contributed by atoms with van der Waals surface area (Å²) in [5.74, 6) is 1.06. The third-order valence-corrected chi connectivity index (χ3v) is 5.08. The van der Waals surface area contributed by atoms with Gasteiger partial charge in [-0.2, -0.15) is 0 Å². The van der Waals surface area contributed by atoms with Crippen LogP contribution in [0.3, 0.4) is 0 Å². The molecular weight excluding hydrogens is 340 g/mol. The highest BCUT2D eigenvalue weighted by Gasteiger charge is 2.36. The molecule has 2 aromatic carbocycles. The number of para-hydroxylation sites is 2. The van der Waals surface area contributed by atoms with E-state index in [0.717, 1.165) is 36.4 Å². The zero-order valence-electron chi connectivity index (χ0n) is 15.6. The maximum Gasteiger partial charge on any atom is 0.258 e. The predicted octanol–water partition coefficient (Wildman–Crippen LogP) is 3.88. The Morgan fingerprint density at radius 3 is 2.22 bits per heavy atom. The van der Waals surface area contributed by atoms with Crippen molar-refractivity contribution >= 4 is 23.2 Å². The number of ether oxygens (including phenoxy) is 1. The highest BCUT2D eigenvalue weighted by molar-refractivity contribution is 6.10. The maximum atomic E-state index is 13.2. The van der Waals surface area contributed by atoms with E-state index < -0.39 is 0 Å². The average molecular weight is 364 g/mol. The van der Waals surface area contributed by atoms with E-state index in [2.05, 4.69) is 0 Å². The Morgan fingerprint density at radius 1 is 0.963 bits per heavy atom. The van der Waals surface area contributed by atoms with Crippen LogP contribution in [0.2, 0.25) is 0 Å². The minimum atomic E-state index is -0.0498. The second-order valence-electron chi connectivity index (χ2n) is 7.02. The summed E-state index contributed by atoms with van der Waals surface area (Å²) in [5.41, 5.74) is 2.27. The van der Waals surface area contributed by atoms with Crippen LogP contribution in [0.1, 0.15) is 36.5 Å². The molecule has 0 N–H and O–H groups in total. The van der Waals surface area contributed by atoms with Gasteiger partial charge in [0.2, 0.25) is 5.91 Å². The van der Waals surface area contributed by atoms with Crippen LogP contribution in [0.5, 0.6) is 5.75 Å². The van der Waals surface area contributed by atoms with Crippen molar-refractivity contribution < 1.29 is 14.3 Å². The van der Waals surface area contributed by atoms with Crippen LogP contribution >= 0.6 is 0 Å². The van der Waals surface area contributed by atoms with Gasteiger partial charge in [-0.1, -0.05) is 12.1 Å². The van der Waals surface area contributed by atoms with Gasteiger partial charge < -0.3 is 14.5 Å².